The molecule has 0 rings (SSSR count). The Kier molecular flexibility index (Phi) is 6.71. The summed E-state index contributed by atoms with van der Waals surface area (Å²) in [5.74, 6) is 0. The Hall–Kier alpha value is 0.440. The predicted octanol–water partition coefficient (Wildman–Crippen LogP) is 0.480. The molecule has 0 heterocycles. The maximum absolute atomic E-state index is 11.6. The van der Waals surface area contributed by atoms with Crippen molar-refractivity contribution in [2.24, 2.45) is 0 Å². The third-order valence-electron chi connectivity index (χ3n) is 0.522. The molecule has 0 aliphatic heterocycles. The molecule has 0 aliphatic carbocycles. The van der Waals surface area contributed by atoms with E-state index < -0.39 is 22.3 Å². The van der Waals surface area contributed by atoms with Gasteiger partial charge in [-0.05, 0) is 4.53 Å². The fourth-order valence-corrected chi connectivity index (χ4v) is 0.350. The van der Waals surface area contributed by atoms with E-state index in [1.165, 1.54) is 0 Å². The molecule has 67 valence electrons. The molecule has 0 aromatic heterocycles. The standard InChI is InChI=1S/C2H3F3O3S.Ag/c3-1-2(4)9(6,7)8-5;/h2H,1H2;. The van der Waals surface area contributed by atoms with Gasteiger partial charge in [0.05, 0.1) is 0 Å². The summed E-state index contributed by atoms with van der Waals surface area (Å²) in [6.45, 7) is -1.81. The fraction of sp³-hybridized carbons (Fsp3) is 1.00. The molecule has 0 fully saturated rings. The van der Waals surface area contributed by atoms with Crippen LogP contribution in [0.25, 0.3) is 0 Å². The predicted molar refractivity (Wildman–Crippen MR) is 22.0 cm³/mol. The smallest absolute Gasteiger partial charge is 0.247 e. The molecule has 1 atom stereocenters. The van der Waals surface area contributed by atoms with Gasteiger partial charge in [-0.3, -0.25) is 0 Å². The van der Waals surface area contributed by atoms with Gasteiger partial charge < -0.3 is 0 Å². The van der Waals surface area contributed by atoms with Crippen LogP contribution < -0.4 is 0 Å². The third kappa shape index (κ3) is 3.57. The molecular formula is C2H3AgF3O3S. The van der Waals surface area contributed by atoms with Gasteiger partial charge in [-0.2, -0.15) is 8.42 Å². The van der Waals surface area contributed by atoms with E-state index in [4.69, 9.17) is 0 Å². The summed E-state index contributed by atoms with van der Waals surface area (Å²) >= 11 is 0. The zero-order valence-electron chi connectivity index (χ0n) is 4.35. The van der Waals surface area contributed by atoms with Crippen LogP contribution in [0.4, 0.5) is 13.3 Å². The van der Waals surface area contributed by atoms with Crippen LogP contribution in [-0.4, -0.2) is 20.6 Å². The van der Waals surface area contributed by atoms with Crippen molar-refractivity contribution >= 4 is 10.1 Å². The summed E-state index contributed by atoms with van der Waals surface area (Å²) in [5.41, 5.74) is -2.93. The zero-order valence-corrected chi connectivity index (χ0v) is 6.65. The number of rotatable bonds is 3. The van der Waals surface area contributed by atoms with Crippen LogP contribution in [0.2, 0.25) is 0 Å². The minimum Gasteiger partial charge on any atom is -0.247 e. The van der Waals surface area contributed by atoms with E-state index in [1.54, 1.807) is 0 Å². The summed E-state index contributed by atoms with van der Waals surface area (Å²) in [7, 11) is -4.96. The van der Waals surface area contributed by atoms with Crippen molar-refractivity contribution in [3.05, 3.63) is 0 Å². The van der Waals surface area contributed by atoms with E-state index in [1.807, 2.05) is 0 Å². The summed E-state index contributed by atoms with van der Waals surface area (Å²) in [6.07, 6.45) is 0. The van der Waals surface area contributed by atoms with Crippen molar-refractivity contribution in [2.45, 2.75) is 5.50 Å². The van der Waals surface area contributed by atoms with E-state index in [-0.39, 0.29) is 22.4 Å². The van der Waals surface area contributed by atoms with Gasteiger partial charge in [0, 0.05) is 22.4 Å². The van der Waals surface area contributed by atoms with Gasteiger partial charge in [0.15, 0.2) is 0 Å². The molecule has 10 heavy (non-hydrogen) atoms. The number of hydrogen-bond donors (Lipinski definition) is 0. The van der Waals surface area contributed by atoms with Gasteiger partial charge in [0.1, 0.15) is 6.67 Å². The molecule has 8 heteroatoms. The number of halogens is 3. The first kappa shape index (κ1) is 13.1. The molecule has 0 bridgehead atoms. The summed E-state index contributed by atoms with van der Waals surface area (Å²) < 4.78 is 54.9. The van der Waals surface area contributed by atoms with Crippen molar-refractivity contribution < 1.29 is 48.5 Å². The molecule has 1 unspecified atom stereocenters. The second-order valence-corrected chi connectivity index (χ2v) is 2.74. The van der Waals surface area contributed by atoms with E-state index in [0.717, 1.165) is 0 Å². The molecule has 1 radical (unpaired) electrons. The van der Waals surface area contributed by atoms with Crippen molar-refractivity contribution in [1.82, 2.24) is 0 Å². The largest absolute Gasteiger partial charge is 0.332 e. The van der Waals surface area contributed by atoms with E-state index in [9.17, 15) is 21.7 Å². The topological polar surface area (TPSA) is 43.4 Å². The molecule has 0 aromatic carbocycles. The minimum absolute atomic E-state index is 0. The molecule has 0 aromatic rings. The molecular weight excluding hydrogens is 269 g/mol. The summed E-state index contributed by atoms with van der Waals surface area (Å²) in [5, 5.41) is 0. The van der Waals surface area contributed by atoms with Gasteiger partial charge in [0.2, 0.25) is 0 Å². The van der Waals surface area contributed by atoms with Crippen molar-refractivity contribution in [3.8, 4) is 0 Å². The normalized spacial score (nSPS) is 13.9. The summed E-state index contributed by atoms with van der Waals surface area (Å²) in [6, 6.07) is 0. The van der Waals surface area contributed by atoms with Gasteiger partial charge in [-0.1, -0.05) is 4.39 Å². The quantitative estimate of drug-likeness (QED) is 0.702. The number of hydrogen-bond acceptors (Lipinski definition) is 3. The molecule has 0 saturated heterocycles. The van der Waals surface area contributed by atoms with Crippen molar-refractivity contribution in [3.63, 3.8) is 0 Å². The molecule has 0 spiro atoms. The monoisotopic (exact) mass is 271 g/mol. The minimum atomic E-state index is -4.96. The Balaban J connectivity index is 0. The SMILES string of the molecule is O=S(=O)(OF)C(F)CF.[Ag]. The number of alkyl halides is 2. The van der Waals surface area contributed by atoms with Gasteiger partial charge in [0.25, 0.3) is 5.50 Å². The van der Waals surface area contributed by atoms with Crippen LogP contribution in [0.15, 0.2) is 0 Å². The fourth-order valence-electron chi connectivity index (χ4n) is 0.117. The van der Waals surface area contributed by atoms with Crippen molar-refractivity contribution in [2.75, 3.05) is 6.67 Å². The van der Waals surface area contributed by atoms with Gasteiger partial charge in [-0.25, -0.2) is 8.78 Å². The van der Waals surface area contributed by atoms with Crippen LogP contribution in [0, 0.1) is 0 Å². The Morgan fingerprint density at radius 3 is 2.00 bits per heavy atom. The molecule has 0 saturated carbocycles. The average molecular weight is 272 g/mol. The van der Waals surface area contributed by atoms with Gasteiger partial charge >= 0.3 is 10.1 Å². The van der Waals surface area contributed by atoms with Crippen LogP contribution in [-0.2, 0) is 36.9 Å². The Bertz CT molecular complexity index is 169. The Morgan fingerprint density at radius 2 is 1.90 bits per heavy atom. The first-order chi connectivity index (χ1) is 4.04. The Morgan fingerprint density at radius 1 is 1.50 bits per heavy atom. The van der Waals surface area contributed by atoms with Crippen LogP contribution >= 0.6 is 0 Å². The van der Waals surface area contributed by atoms with Crippen LogP contribution in [0.5, 0.6) is 0 Å². The van der Waals surface area contributed by atoms with E-state index in [0.29, 0.717) is 0 Å². The van der Waals surface area contributed by atoms with E-state index >= 15 is 0 Å². The molecule has 0 amide bonds. The third-order valence-corrected chi connectivity index (χ3v) is 1.45. The Labute approximate surface area is 71.1 Å². The van der Waals surface area contributed by atoms with Gasteiger partial charge in [-0.15, -0.1) is 0 Å². The second kappa shape index (κ2) is 5.14. The maximum Gasteiger partial charge on any atom is 0.332 e. The average Bonchev–Trinajstić information content (AvgIpc) is 1.86. The molecule has 3 nitrogen and oxygen atoms in total. The van der Waals surface area contributed by atoms with Crippen molar-refractivity contribution in [1.29, 1.82) is 0 Å². The maximum atomic E-state index is 11.6. The first-order valence-electron chi connectivity index (χ1n) is 1.78. The summed E-state index contributed by atoms with van der Waals surface area (Å²) in [4.78, 5) is 0. The first-order valence-corrected chi connectivity index (χ1v) is 3.26. The molecule has 0 N–H and O–H groups in total. The molecule has 0 aliphatic rings. The van der Waals surface area contributed by atoms with Crippen LogP contribution in [0.3, 0.4) is 0 Å². The second-order valence-electron chi connectivity index (χ2n) is 1.12. The van der Waals surface area contributed by atoms with Crippen LogP contribution in [0.1, 0.15) is 0 Å². The zero-order chi connectivity index (χ0) is 7.49. The van der Waals surface area contributed by atoms with E-state index in [2.05, 4.69) is 4.39 Å².